The lowest BCUT2D eigenvalue weighted by atomic mass is 10.1. The molecule has 0 fully saturated rings. The van der Waals surface area contributed by atoms with Gasteiger partial charge in [-0.2, -0.15) is 20.5 Å². The molecule has 17 heavy (non-hydrogen) atoms. The van der Waals surface area contributed by atoms with Gasteiger partial charge in [0.05, 0.1) is 5.69 Å². The second-order valence-corrected chi connectivity index (χ2v) is 3.38. The standard InChI is InChI=1S/C9H7N5.C2H7N/c1-2-6-3-4-7-9(13-14-11-7)8(6)12-10-5-1;1-2-3/h1-5,12H,(H,11,13,14);2-3H2,1H3. The predicted octanol–water partition coefficient (Wildman–Crippen LogP) is 1.35. The van der Waals surface area contributed by atoms with E-state index in [1.54, 1.807) is 6.21 Å². The Bertz CT molecular complexity index is 554. The summed E-state index contributed by atoms with van der Waals surface area (Å²) in [6.45, 7) is 2.65. The number of hydrogen-bond donors (Lipinski definition) is 3. The van der Waals surface area contributed by atoms with Crippen molar-refractivity contribution in [3.63, 3.8) is 0 Å². The monoisotopic (exact) mass is 230 g/mol. The Kier molecular flexibility index (Phi) is 3.46. The second kappa shape index (κ2) is 5.22. The van der Waals surface area contributed by atoms with E-state index in [0.717, 1.165) is 28.8 Å². The molecule has 0 amide bonds. The van der Waals surface area contributed by atoms with Gasteiger partial charge in [0, 0.05) is 11.8 Å². The summed E-state index contributed by atoms with van der Waals surface area (Å²) < 4.78 is 0. The lowest BCUT2D eigenvalue weighted by Crippen LogP contribution is -1.91. The zero-order valence-electron chi connectivity index (χ0n) is 9.51. The van der Waals surface area contributed by atoms with Crippen molar-refractivity contribution in [3.05, 3.63) is 23.8 Å². The fraction of sp³-hybridized carbons (Fsp3) is 0.182. The number of hydrogen-bond acceptors (Lipinski definition) is 5. The van der Waals surface area contributed by atoms with Gasteiger partial charge in [0.2, 0.25) is 0 Å². The average molecular weight is 230 g/mol. The third-order valence-electron chi connectivity index (χ3n) is 2.13. The van der Waals surface area contributed by atoms with E-state index in [-0.39, 0.29) is 0 Å². The third-order valence-corrected chi connectivity index (χ3v) is 2.13. The number of nitrogens with one attached hydrogen (secondary N) is 2. The highest BCUT2D eigenvalue weighted by Crippen LogP contribution is 2.26. The fourth-order valence-electron chi connectivity index (χ4n) is 1.48. The van der Waals surface area contributed by atoms with Gasteiger partial charge < -0.3 is 5.73 Å². The van der Waals surface area contributed by atoms with Crippen LogP contribution in [0.15, 0.2) is 23.3 Å². The summed E-state index contributed by atoms with van der Waals surface area (Å²) in [6, 6.07) is 3.91. The van der Waals surface area contributed by atoms with Crippen molar-refractivity contribution in [1.29, 1.82) is 0 Å². The smallest absolute Gasteiger partial charge is 0.138 e. The maximum atomic E-state index is 4.85. The summed E-state index contributed by atoms with van der Waals surface area (Å²) in [7, 11) is 0. The first-order chi connectivity index (χ1) is 8.36. The highest BCUT2D eigenvalue weighted by atomic mass is 15.3. The van der Waals surface area contributed by atoms with Crippen LogP contribution in [0.25, 0.3) is 17.1 Å². The highest BCUT2D eigenvalue weighted by Gasteiger charge is 2.09. The Morgan fingerprint density at radius 2 is 2.12 bits per heavy atom. The predicted molar refractivity (Wildman–Crippen MR) is 69.8 cm³/mol. The molecule has 6 heteroatoms. The Morgan fingerprint density at radius 1 is 1.29 bits per heavy atom. The number of allylic oxidation sites excluding steroid dienone is 1. The summed E-state index contributed by atoms with van der Waals surface area (Å²) in [5.41, 5.74) is 11.4. The van der Waals surface area contributed by atoms with Crippen LogP contribution < -0.4 is 11.2 Å². The minimum Gasteiger partial charge on any atom is -0.331 e. The molecule has 0 aliphatic carbocycles. The molecular weight excluding hydrogens is 216 g/mol. The van der Waals surface area contributed by atoms with E-state index < -0.39 is 0 Å². The van der Waals surface area contributed by atoms with E-state index >= 15 is 0 Å². The molecule has 2 aromatic rings. The molecule has 1 aliphatic heterocycles. The van der Waals surface area contributed by atoms with Crippen molar-refractivity contribution < 1.29 is 0 Å². The Morgan fingerprint density at radius 3 is 2.94 bits per heavy atom. The molecule has 0 bridgehead atoms. The molecule has 3 rings (SSSR count). The van der Waals surface area contributed by atoms with Gasteiger partial charge in [0.25, 0.3) is 0 Å². The zero-order chi connectivity index (χ0) is 12.1. The van der Waals surface area contributed by atoms with E-state index in [2.05, 4.69) is 25.9 Å². The topological polar surface area (TPSA) is 92.0 Å². The van der Waals surface area contributed by atoms with Gasteiger partial charge in [-0.1, -0.05) is 19.1 Å². The van der Waals surface area contributed by atoms with Crippen LogP contribution in [-0.2, 0) is 0 Å². The molecule has 1 aliphatic rings. The number of anilines is 1. The summed E-state index contributed by atoms with van der Waals surface area (Å²) in [5.74, 6) is 0. The van der Waals surface area contributed by atoms with E-state index in [0.29, 0.717) is 0 Å². The molecular formula is C11H14N6. The molecule has 0 spiro atoms. The number of aromatic amines is 1. The molecule has 1 aromatic heterocycles. The third kappa shape index (κ3) is 2.31. The lowest BCUT2D eigenvalue weighted by Gasteiger charge is -2.02. The van der Waals surface area contributed by atoms with Crippen LogP contribution in [0.4, 0.5) is 5.69 Å². The van der Waals surface area contributed by atoms with Gasteiger partial charge in [-0.3, -0.25) is 5.43 Å². The van der Waals surface area contributed by atoms with Crippen LogP contribution in [0.1, 0.15) is 12.5 Å². The molecule has 0 saturated carbocycles. The van der Waals surface area contributed by atoms with E-state index in [4.69, 9.17) is 5.73 Å². The van der Waals surface area contributed by atoms with Gasteiger partial charge in [0.15, 0.2) is 0 Å². The number of nitrogens with two attached hydrogens (primary N) is 1. The SMILES string of the molecule is C1=Cc2ccc3n[nH]nc3c2NN=C1.CCN. The number of fused-ring (bicyclic) bond motifs is 3. The molecule has 6 nitrogen and oxygen atoms in total. The maximum Gasteiger partial charge on any atom is 0.138 e. The number of benzene rings is 1. The number of hydrazone groups is 1. The summed E-state index contributed by atoms with van der Waals surface area (Å²) in [4.78, 5) is 0. The van der Waals surface area contributed by atoms with Crippen LogP contribution in [0.2, 0.25) is 0 Å². The molecule has 1 aromatic carbocycles. The van der Waals surface area contributed by atoms with Crippen molar-refractivity contribution in [2.24, 2.45) is 10.8 Å². The highest BCUT2D eigenvalue weighted by molar-refractivity contribution is 5.95. The van der Waals surface area contributed by atoms with Crippen molar-refractivity contribution >= 4 is 29.0 Å². The van der Waals surface area contributed by atoms with Crippen LogP contribution in [0.5, 0.6) is 0 Å². The molecule has 4 N–H and O–H groups in total. The molecule has 2 heterocycles. The van der Waals surface area contributed by atoms with Crippen molar-refractivity contribution in [2.75, 3.05) is 12.0 Å². The maximum absolute atomic E-state index is 4.85. The normalized spacial score (nSPS) is 12.4. The Labute approximate surface area is 98.6 Å². The quantitative estimate of drug-likeness (QED) is 0.637. The van der Waals surface area contributed by atoms with E-state index in [9.17, 15) is 0 Å². The van der Waals surface area contributed by atoms with E-state index in [1.807, 2.05) is 31.2 Å². The molecule has 0 unspecified atom stereocenters. The molecule has 0 atom stereocenters. The fourth-order valence-corrected chi connectivity index (χ4v) is 1.48. The number of rotatable bonds is 0. The zero-order valence-corrected chi connectivity index (χ0v) is 9.51. The van der Waals surface area contributed by atoms with Gasteiger partial charge in [-0.25, -0.2) is 0 Å². The molecule has 88 valence electrons. The first kappa shape index (κ1) is 11.3. The summed E-state index contributed by atoms with van der Waals surface area (Å²) in [6.07, 6.45) is 5.56. The van der Waals surface area contributed by atoms with Crippen molar-refractivity contribution in [3.8, 4) is 0 Å². The van der Waals surface area contributed by atoms with Crippen LogP contribution in [-0.4, -0.2) is 28.2 Å². The van der Waals surface area contributed by atoms with Crippen LogP contribution in [0.3, 0.4) is 0 Å². The largest absolute Gasteiger partial charge is 0.331 e. The minimum atomic E-state index is 0.750. The van der Waals surface area contributed by atoms with Crippen molar-refractivity contribution in [1.82, 2.24) is 15.4 Å². The van der Waals surface area contributed by atoms with Crippen LogP contribution in [0, 0.1) is 0 Å². The van der Waals surface area contributed by atoms with Gasteiger partial charge in [0.1, 0.15) is 11.0 Å². The molecule has 0 saturated heterocycles. The number of nitrogens with zero attached hydrogens (tertiary/aromatic N) is 3. The second-order valence-electron chi connectivity index (χ2n) is 3.38. The lowest BCUT2D eigenvalue weighted by molar-refractivity contribution is 0.959. The number of aromatic nitrogens is 3. The average Bonchev–Trinajstić information content (AvgIpc) is 2.68. The summed E-state index contributed by atoms with van der Waals surface area (Å²) in [5, 5.41) is 14.7. The van der Waals surface area contributed by atoms with Crippen molar-refractivity contribution in [2.45, 2.75) is 6.92 Å². The first-order valence-electron chi connectivity index (χ1n) is 5.36. The van der Waals surface area contributed by atoms with Gasteiger partial charge in [-0.15, -0.1) is 0 Å². The van der Waals surface area contributed by atoms with Gasteiger partial charge >= 0.3 is 0 Å². The Hall–Kier alpha value is -2.21. The minimum absolute atomic E-state index is 0.750. The van der Waals surface area contributed by atoms with Gasteiger partial charge in [-0.05, 0) is 18.7 Å². The van der Waals surface area contributed by atoms with Crippen LogP contribution >= 0.6 is 0 Å². The first-order valence-corrected chi connectivity index (χ1v) is 5.36. The number of H-pyrrole nitrogens is 1. The Balaban J connectivity index is 0.000000329. The summed E-state index contributed by atoms with van der Waals surface area (Å²) >= 11 is 0. The molecule has 0 radical (unpaired) electrons. The van der Waals surface area contributed by atoms with E-state index in [1.165, 1.54) is 0 Å².